The molecule has 0 amide bonds. The average Bonchev–Trinajstić information content (AvgIpc) is 2.75. The third-order valence-electron chi connectivity index (χ3n) is 3.82. The summed E-state index contributed by atoms with van der Waals surface area (Å²) >= 11 is 0. The Morgan fingerprint density at radius 2 is 1.81 bits per heavy atom. The van der Waals surface area contributed by atoms with E-state index < -0.39 is 10.0 Å². The van der Waals surface area contributed by atoms with Gasteiger partial charge in [0.2, 0.25) is 10.0 Å². The van der Waals surface area contributed by atoms with Gasteiger partial charge in [0.15, 0.2) is 0 Å². The smallest absolute Gasteiger partial charge is 0.242 e. The minimum absolute atomic E-state index is 0.311. The van der Waals surface area contributed by atoms with Crippen LogP contribution in [0.3, 0.4) is 0 Å². The molecule has 21 heavy (non-hydrogen) atoms. The van der Waals surface area contributed by atoms with E-state index in [0.29, 0.717) is 35.9 Å². The highest BCUT2D eigenvalue weighted by molar-refractivity contribution is 7.89. The van der Waals surface area contributed by atoms with Gasteiger partial charge in [-0.15, -0.1) is 0 Å². The van der Waals surface area contributed by atoms with E-state index >= 15 is 0 Å². The summed E-state index contributed by atoms with van der Waals surface area (Å²) < 4.78 is 29.2. The molecule has 5 nitrogen and oxygen atoms in total. The molecule has 6 heteroatoms. The van der Waals surface area contributed by atoms with Crippen LogP contribution in [-0.2, 0) is 23.6 Å². The molecule has 0 aliphatic rings. The van der Waals surface area contributed by atoms with E-state index in [0.717, 1.165) is 5.69 Å². The highest BCUT2D eigenvalue weighted by Gasteiger charge is 2.19. The minimum Gasteiger partial charge on any atom is -0.352 e. The second-order valence-corrected chi connectivity index (χ2v) is 8.15. The van der Waals surface area contributed by atoms with E-state index in [4.69, 9.17) is 0 Å². The van der Waals surface area contributed by atoms with Crippen molar-refractivity contribution in [1.29, 1.82) is 0 Å². The van der Waals surface area contributed by atoms with E-state index in [-0.39, 0.29) is 0 Å². The predicted molar refractivity (Wildman–Crippen MR) is 86.6 cm³/mol. The number of hydrogen-bond acceptors (Lipinski definition) is 3. The zero-order valence-corrected chi connectivity index (χ0v) is 14.8. The van der Waals surface area contributed by atoms with Gasteiger partial charge < -0.3 is 9.88 Å². The SMILES string of the molecule is CC(C)NCc1cc(S(=O)(=O)NCC(C)C(C)C)cn1C. The Kier molecular flexibility index (Phi) is 6.43. The first kappa shape index (κ1) is 18.2. The predicted octanol–water partition coefficient (Wildman–Crippen LogP) is 2.09. The van der Waals surface area contributed by atoms with Crippen molar-refractivity contribution < 1.29 is 8.42 Å². The van der Waals surface area contributed by atoms with Crippen molar-refractivity contribution in [2.45, 2.75) is 52.1 Å². The summed E-state index contributed by atoms with van der Waals surface area (Å²) in [5, 5.41) is 3.30. The fourth-order valence-electron chi connectivity index (χ4n) is 1.77. The van der Waals surface area contributed by atoms with Crippen LogP contribution in [0.4, 0.5) is 0 Å². The van der Waals surface area contributed by atoms with Gasteiger partial charge in [-0.1, -0.05) is 34.6 Å². The third kappa shape index (κ3) is 5.45. The monoisotopic (exact) mass is 315 g/mol. The maximum atomic E-state index is 12.3. The summed E-state index contributed by atoms with van der Waals surface area (Å²) in [4.78, 5) is 0.335. The molecular formula is C15H29N3O2S. The number of nitrogens with one attached hydrogen (secondary N) is 2. The van der Waals surface area contributed by atoms with Crippen LogP contribution in [0.1, 0.15) is 40.3 Å². The number of sulfonamides is 1. The molecule has 0 saturated heterocycles. The molecule has 0 aromatic carbocycles. The lowest BCUT2D eigenvalue weighted by molar-refractivity contribution is 0.414. The quantitative estimate of drug-likeness (QED) is 0.772. The molecule has 1 rings (SSSR count). The molecule has 0 saturated carbocycles. The summed E-state index contributed by atoms with van der Waals surface area (Å²) in [6.45, 7) is 11.5. The molecule has 0 spiro atoms. The van der Waals surface area contributed by atoms with Crippen molar-refractivity contribution in [3.8, 4) is 0 Å². The summed E-state index contributed by atoms with van der Waals surface area (Å²) in [5.41, 5.74) is 0.959. The fraction of sp³-hybridized carbons (Fsp3) is 0.733. The molecule has 0 aliphatic heterocycles. The second kappa shape index (κ2) is 7.42. The largest absolute Gasteiger partial charge is 0.352 e. The van der Waals surface area contributed by atoms with Crippen molar-refractivity contribution in [3.05, 3.63) is 18.0 Å². The summed E-state index contributed by atoms with van der Waals surface area (Å²) in [6, 6.07) is 2.10. The molecule has 1 aromatic rings. The normalized spacial score (nSPS) is 14.1. The lowest BCUT2D eigenvalue weighted by Gasteiger charge is -2.15. The fourth-order valence-corrected chi connectivity index (χ4v) is 3.01. The van der Waals surface area contributed by atoms with Gasteiger partial charge in [-0.05, 0) is 17.9 Å². The van der Waals surface area contributed by atoms with Crippen LogP contribution in [0, 0.1) is 11.8 Å². The van der Waals surface area contributed by atoms with Crippen molar-refractivity contribution in [3.63, 3.8) is 0 Å². The summed E-state index contributed by atoms with van der Waals surface area (Å²) in [6.07, 6.45) is 1.67. The Morgan fingerprint density at radius 3 is 2.33 bits per heavy atom. The highest BCUT2D eigenvalue weighted by atomic mass is 32.2. The molecule has 0 fully saturated rings. The van der Waals surface area contributed by atoms with Crippen molar-refractivity contribution in [2.24, 2.45) is 18.9 Å². The first-order valence-electron chi connectivity index (χ1n) is 7.51. The van der Waals surface area contributed by atoms with Crippen molar-refractivity contribution in [2.75, 3.05) is 6.54 Å². The first-order valence-corrected chi connectivity index (χ1v) is 9.00. The van der Waals surface area contributed by atoms with Gasteiger partial charge in [0, 0.05) is 38.1 Å². The molecule has 0 radical (unpaired) electrons. The van der Waals surface area contributed by atoms with Crippen LogP contribution >= 0.6 is 0 Å². The summed E-state index contributed by atoms with van der Waals surface area (Å²) in [7, 11) is -1.56. The third-order valence-corrected chi connectivity index (χ3v) is 5.21. The van der Waals surface area contributed by atoms with Crippen LogP contribution in [0.5, 0.6) is 0 Å². The lowest BCUT2D eigenvalue weighted by atomic mass is 9.99. The Morgan fingerprint density at radius 1 is 1.19 bits per heavy atom. The van der Waals surface area contributed by atoms with Gasteiger partial charge in [-0.3, -0.25) is 0 Å². The van der Waals surface area contributed by atoms with Crippen LogP contribution in [0.2, 0.25) is 0 Å². The zero-order chi connectivity index (χ0) is 16.2. The van der Waals surface area contributed by atoms with Crippen LogP contribution in [0.15, 0.2) is 17.2 Å². The molecule has 1 heterocycles. The van der Waals surface area contributed by atoms with E-state index in [1.54, 1.807) is 12.3 Å². The molecule has 2 N–H and O–H groups in total. The van der Waals surface area contributed by atoms with Gasteiger partial charge in [-0.25, -0.2) is 13.1 Å². The Bertz CT molecular complexity index is 547. The average molecular weight is 315 g/mol. The highest BCUT2D eigenvalue weighted by Crippen LogP contribution is 2.15. The molecule has 1 atom stereocenters. The van der Waals surface area contributed by atoms with E-state index in [9.17, 15) is 8.42 Å². The first-order chi connectivity index (χ1) is 9.63. The zero-order valence-electron chi connectivity index (χ0n) is 14.0. The molecule has 0 aliphatic carbocycles. The van der Waals surface area contributed by atoms with E-state index in [1.807, 2.05) is 11.6 Å². The molecule has 1 aromatic heterocycles. The number of hydrogen-bond donors (Lipinski definition) is 2. The van der Waals surface area contributed by atoms with Crippen LogP contribution in [-0.4, -0.2) is 25.6 Å². The van der Waals surface area contributed by atoms with E-state index in [2.05, 4.69) is 44.7 Å². The number of nitrogens with zero attached hydrogens (tertiary/aromatic N) is 1. The lowest BCUT2D eigenvalue weighted by Crippen LogP contribution is -2.30. The van der Waals surface area contributed by atoms with Crippen molar-refractivity contribution in [1.82, 2.24) is 14.6 Å². The molecular weight excluding hydrogens is 286 g/mol. The number of rotatable bonds is 8. The van der Waals surface area contributed by atoms with Gasteiger partial charge in [0.25, 0.3) is 0 Å². The van der Waals surface area contributed by atoms with E-state index in [1.165, 1.54) is 0 Å². The van der Waals surface area contributed by atoms with Gasteiger partial charge in [0.05, 0.1) is 4.90 Å². The maximum absolute atomic E-state index is 12.3. The Hall–Kier alpha value is -0.850. The Labute approximate surface area is 129 Å². The van der Waals surface area contributed by atoms with Crippen LogP contribution < -0.4 is 10.0 Å². The van der Waals surface area contributed by atoms with Crippen molar-refractivity contribution >= 4 is 10.0 Å². The maximum Gasteiger partial charge on any atom is 0.242 e. The standard InChI is InChI=1S/C15H29N3O2S/c1-11(2)13(5)8-17-21(19,20)15-7-14(18(6)10-15)9-16-12(3)4/h7,10-13,16-17H,8-9H2,1-6H3. The van der Waals surface area contributed by atoms with Gasteiger partial charge in [0.1, 0.15) is 0 Å². The Balaban J connectivity index is 2.77. The summed E-state index contributed by atoms with van der Waals surface area (Å²) in [5.74, 6) is 0.764. The number of aromatic nitrogens is 1. The second-order valence-electron chi connectivity index (χ2n) is 6.39. The molecule has 0 bridgehead atoms. The number of aryl methyl sites for hydroxylation is 1. The van der Waals surface area contributed by atoms with Gasteiger partial charge in [-0.2, -0.15) is 0 Å². The van der Waals surface area contributed by atoms with Gasteiger partial charge >= 0.3 is 0 Å². The minimum atomic E-state index is -3.43. The topological polar surface area (TPSA) is 63.1 Å². The van der Waals surface area contributed by atoms with Crippen LogP contribution in [0.25, 0.3) is 0 Å². The molecule has 122 valence electrons. The molecule has 1 unspecified atom stereocenters.